The minimum Gasteiger partial charge on any atom is -0.298 e. The second-order valence-corrected chi connectivity index (χ2v) is 6.86. The SMILES string of the molecule is O=Cc1cc(-c2cccc(F)c2)n(S(=O)(=O)c2ccc(F)cc2)c1. The molecule has 0 aliphatic rings. The molecule has 0 saturated carbocycles. The molecule has 24 heavy (non-hydrogen) atoms. The fourth-order valence-electron chi connectivity index (χ4n) is 2.31. The Bertz CT molecular complexity index is 1010. The number of hydrogen-bond donors (Lipinski definition) is 0. The summed E-state index contributed by atoms with van der Waals surface area (Å²) < 4.78 is 53.0. The molecule has 3 aromatic rings. The Kier molecular flexibility index (Phi) is 4.02. The second kappa shape index (κ2) is 6.01. The monoisotopic (exact) mass is 347 g/mol. The molecule has 0 aliphatic heterocycles. The third-order valence-electron chi connectivity index (χ3n) is 3.43. The van der Waals surface area contributed by atoms with Gasteiger partial charge in [0.05, 0.1) is 10.6 Å². The third-order valence-corrected chi connectivity index (χ3v) is 5.12. The van der Waals surface area contributed by atoms with E-state index >= 15 is 0 Å². The van der Waals surface area contributed by atoms with E-state index in [1.165, 1.54) is 30.3 Å². The van der Waals surface area contributed by atoms with Crippen LogP contribution in [0.4, 0.5) is 8.78 Å². The molecular weight excluding hydrogens is 336 g/mol. The predicted molar refractivity (Wildman–Crippen MR) is 84.2 cm³/mol. The van der Waals surface area contributed by atoms with Gasteiger partial charge < -0.3 is 0 Å². The van der Waals surface area contributed by atoms with Gasteiger partial charge in [-0.3, -0.25) is 4.79 Å². The van der Waals surface area contributed by atoms with Crippen molar-refractivity contribution in [3.8, 4) is 11.3 Å². The molecule has 0 radical (unpaired) electrons. The van der Waals surface area contributed by atoms with E-state index in [0.717, 1.165) is 34.4 Å². The number of aldehydes is 1. The summed E-state index contributed by atoms with van der Waals surface area (Å²) in [6, 6.07) is 11.0. The molecule has 0 aliphatic carbocycles. The highest BCUT2D eigenvalue weighted by Crippen LogP contribution is 2.27. The molecule has 1 aromatic heterocycles. The van der Waals surface area contributed by atoms with Crippen LogP contribution in [0.3, 0.4) is 0 Å². The maximum Gasteiger partial charge on any atom is 0.268 e. The first kappa shape index (κ1) is 16.1. The van der Waals surface area contributed by atoms with Gasteiger partial charge in [0.1, 0.15) is 11.6 Å². The molecule has 0 unspecified atom stereocenters. The fourth-order valence-corrected chi connectivity index (χ4v) is 3.69. The molecule has 0 spiro atoms. The summed E-state index contributed by atoms with van der Waals surface area (Å²) in [5.41, 5.74) is 0.564. The molecule has 0 saturated heterocycles. The molecule has 1 heterocycles. The van der Waals surface area contributed by atoms with Crippen molar-refractivity contribution in [1.29, 1.82) is 0 Å². The van der Waals surface area contributed by atoms with Crippen molar-refractivity contribution in [2.75, 3.05) is 0 Å². The van der Waals surface area contributed by atoms with Crippen LogP contribution >= 0.6 is 0 Å². The van der Waals surface area contributed by atoms with Gasteiger partial charge in [0, 0.05) is 17.3 Å². The molecule has 3 rings (SSSR count). The number of rotatable bonds is 4. The maximum atomic E-state index is 13.5. The minimum atomic E-state index is -4.07. The van der Waals surface area contributed by atoms with Crippen molar-refractivity contribution >= 4 is 16.3 Å². The summed E-state index contributed by atoms with van der Waals surface area (Å²) in [5, 5.41) is 0. The van der Waals surface area contributed by atoms with Crippen molar-refractivity contribution in [2.45, 2.75) is 4.90 Å². The van der Waals surface area contributed by atoms with Gasteiger partial charge in [0.15, 0.2) is 6.29 Å². The lowest BCUT2D eigenvalue weighted by molar-refractivity contribution is 0.112. The summed E-state index contributed by atoms with van der Waals surface area (Å²) in [6.45, 7) is 0. The van der Waals surface area contributed by atoms with Gasteiger partial charge in [0.2, 0.25) is 0 Å². The number of nitrogens with zero attached hydrogens (tertiary/aromatic N) is 1. The van der Waals surface area contributed by atoms with E-state index in [1.807, 2.05) is 0 Å². The topological polar surface area (TPSA) is 56.1 Å². The molecule has 2 aromatic carbocycles. The van der Waals surface area contributed by atoms with Gasteiger partial charge >= 0.3 is 0 Å². The van der Waals surface area contributed by atoms with E-state index in [1.54, 1.807) is 0 Å². The Balaban J connectivity index is 2.22. The average Bonchev–Trinajstić information content (AvgIpc) is 3.00. The van der Waals surface area contributed by atoms with Gasteiger partial charge in [-0.2, -0.15) is 0 Å². The first-order valence-electron chi connectivity index (χ1n) is 6.86. The van der Waals surface area contributed by atoms with Gasteiger partial charge in [-0.15, -0.1) is 0 Å². The zero-order valence-electron chi connectivity index (χ0n) is 12.2. The van der Waals surface area contributed by atoms with E-state index in [0.29, 0.717) is 11.8 Å². The van der Waals surface area contributed by atoms with Crippen molar-refractivity contribution in [3.63, 3.8) is 0 Å². The average molecular weight is 347 g/mol. The van der Waals surface area contributed by atoms with Crippen LogP contribution in [0.5, 0.6) is 0 Å². The normalized spacial score (nSPS) is 11.4. The second-order valence-electron chi connectivity index (χ2n) is 5.04. The zero-order valence-corrected chi connectivity index (χ0v) is 13.0. The van der Waals surface area contributed by atoms with Crippen LogP contribution in [0.2, 0.25) is 0 Å². The smallest absolute Gasteiger partial charge is 0.268 e. The van der Waals surface area contributed by atoms with Crippen LogP contribution in [-0.4, -0.2) is 18.7 Å². The zero-order chi connectivity index (χ0) is 17.3. The summed E-state index contributed by atoms with van der Waals surface area (Å²) in [7, 11) is -4.07. The van der Waals surface area contributed by atoms with Crippen LogP contribution in [0.25, 0.3) is 11.3 Å². The third kappa shape index (κ3) is 2.85. The van der Waals surface area contributed by atoms with E-state index in [4.69, 9.17) is 0 Å². The Morgan fingerprint density at radius 1 is 0.917 bits per heavy atom. The van der Waals surface area contributed by atoms with Crippen LogP contribution in [0.1, 0.15) is 10.4 Å². The van der Waals surface area contributed by atoms with Gasteiger partial charge in [0.25, 0.3) is 10.0 Å². The number of hydrogen-bond acceptors (Lipinski definition) is 3. The molecule has 0 bridgehead atoms. The summed E-state index contributed by atoms with van der Waals surface area (Å²) in [5.74, 6) is -1.10. The highest BCUT2D eigenvalue weighted by molar-refractivity contribution is 7.90. The largest absolute Gasteiger partial charge is 0.298 e. The van der Waals surface area contributed by atoms with E-state index < -0.39 is 21.7 Å². The standard InChI is InChI=1S/C17H11F2NO3S/c18-14-4-6-16(7-5-14)24(22,23)20-10-12(11-21)8-17(20)13-2-1-3-15(19)9-13/h1-11H. The fraction of sp³-hybridized carbons (Fsp3) is 0. The van der Waals surface area contributed by atoms with Crippen molar-refractivity contribution in [3.05, 3.63) is 78.0 Å². The van der Waals surface area contributed by atoms with Crippen molar-refractivity contribution in [2.24, 2.45) is 0 Å². The van der Waals surface area contributed by atoms with Gasteiger partial charge in [-0.1, -0.05) is 12.1 Å². The number of aromatic nitrogens is 1. The van der Waals surface area contributed by atoms with E-state index in [2.05, 4.69) is 0 Å². The lowest BCUT2D eigenvalue weighted by Gasteiger charge is -2.10. The van der Waals surface area contributed by atoms with Crippen molar-refractivity contribution < 1.29 is 22.0 Å². The summed E-state index contributed by atoms with van der Waals surface area (Å²) in [6.07, 6.45) is 1.64. The van der Waals surface area contributed by atoms with Crippen LogP contribution < -0.4 is 0 Å². The molecule has 0 N–H and O–H groups in total. The number of carbonyl (C=O) groups excluding carboxylic acids is 1. The van der Waals surface area contributed by atoms with Gasteiger partial charge in [-0.05, 0) is 42.5 Å². The van der Waals surface area contributed by atoms with E-state index in [9.17, 15) is 22.0 Å². The molecule has 0 atom stereocenters. The van der Waals surface area contributed by atoms with Crippen LogP contribution in [0, 0.1) is 11.6 Å². The molecule has 0 amide bonds. The molecule has 4 nitrogen and oxygen atoms in total. The number of halogens is 2. The predicted octanol–water partition coefficient (Wildman–Crippen LogP) is 3.48. The van der Waals surface area contributed by atoms with Crippen molar-refractivity contribution in [1.82, 2.24) is 3.97 Å². The summed E-state index contributed by atoms with van der Waals surface area (Å²) in [4.78, 5) is 10.9. The Morgan fingerprint density at radius 3 is 2.25 bits per heavy atom. The lowest BCUT2D eigenvalue weighted by Crippen LogP contribution is -2.13. The van der Waals surface area contributed by atoms with Crippen LogP contribution in [0.15, 0.2) is 65.7 Å². The maximum absolute atomic E-state index is 13.5. The Hall–Kier alpha value is -2.80. The Morgan fingerprint density at radius 2 is 1.62 bits per heavy atom. The first-order chi connectivity index (χ1) is 11.4. The first-order valence-corrected chi connectivity index (χ1v) is 8.30. The number of benzene rings is 2. The highest BCUT2D eigenvalue weighted by atomic mass is 32.2. The Labute approximate surface area is 137 Å². The lowest BCUT2D eigenvalue weighted by atomic mass is 10.1. The highest BCUT2D eigenvalue weighted by Gasteiger charge is 2.22. The molecule has 0 fully saturated rings. The van der Waals surface area contributed by atoms with Gasteiger partial charge in [-0.25, -0.2) is 21.2 Å². The minimum absolute atomic E-state index is 0.125. The molecule has 122 valence electrons. The molecule has 7 heteroatoms. The molecular formula is C17H11F2NO3S. The summed E-state index contributed by atoms with van der Waals surface area (Å²) >= 11 is 0. The van der Waals surface area contributed by atoms with Crippen LogP contribution in [-0.2, 0) is 10.0 Å². The number of carbonyl (C=O) groups is 1. The quantitative estimate of drug-likeness (QED) is 0.679. The van der Waals surface area contributed by atoms with E-state index in [-0.39, 0.29) is 16.2 Å².